The molecule has 13 heavy (non-hydrogen) atoms. The standard InChI is InChI=1S/C9H14N4/c1-6(10)9-11-7-4-2-3-5-8(7)12-13-9/h6H,2-5,10H2,1H3. The molecule has 4 heteroatoms. The van der Waals surface area contributed by atoms with E-state index >= 15 is 0 Å². The molecule has 0 spiro atoms. The lowest BCUT2D eigenvalue weighted by Crippen LogP contribution is -2.16. The van der Waals surface area contributed by atoms with Gasteiger partial charge in [0, 0.05) is 0 Å². The minimum atomic E-state index is -0.111. The summed E-state index contributed by atoms with van der Waals surface area (Å²) >= 11 is 0. The maximum atomic E-state index is 5.68. The topological polar surface area (TPSA) is 64.7 Å². The van der Waals surface area contributed by atoms with Crippen LogP contribution < -0.4 is 5.73 Å². The molecule has 0 aromatic carbocycles. The van der Waals surface area contributed by atoms with Gasteiger partial charge < -0.3 is 5.73 Å². The smallest absolute Gasteiger partial charge is 0.167 e. The Bertz CT molecular complexity index is 308. The van der Waals surface area contributed by atoms with E-state index in [1.54, 1.807) is 0 Å². The summed E-state index contributed by atoms with van der Waals surface area (Å²) in [5, 5.41) is 8.15. The Balaban J connectivity index is 2.35. The highest BCUT2D eigenvalue weighted by molar-refractivity contribution is 5.14. The van der Waals surface area contributed by atoms with Crippen molar-refractivity contribution in [2.75, 3.05) is 0 Å². The summed E-state index contributed by atoms with van der Waals surface area (Å²) in [6.07, 6.45) is 4.48. The number of nitrogens with two attached hydrogens (primary N) is 1. The molecule has 1 aromatic rings. The van der Waals surface area contributed by atoms with Gasteiger partial charge in [-0.1, -0.05) is 0 Å². The molecule has 0 saturated heterocycles. The van der Waals surface area contributed by atoms with Crippen LogP contribution >= 0.6 is 0 Å². The van der Waals surface area contributed by atoms with Crippen LogP contribution in [0.2, 0.25) is 0 Å². The van der Waals surface area contributed by atoms with Gasteiger partial charge in [-0.15, -0.1) is 5.10 Å². The van der Waals surface area contributed by atoms with Gasteiger partial charge in [-0.05, 0) is 32.6 Å². The van der Waals surface area contributed by atoms with Crippen molar-refractivity contribution >= 4 is 0 Å². The van der Waals surface area contributed by atoms with Gasteiger partial charge in [-0.2, -0.15) is 5.10 Å². The summed E-state index contributed by atoms with van der Waals surface area (Å²) in [5.74, 6) is 0.667. The van der Waals surface area contributed by atoms with E-state index in [9.17, 15) is 0 Å². The van der Waals surface area contributed by atoms with E-state index in [2.05, 4.69) is 15.2 Å². The molecule has 1 unspecified atom stereocenters. The lowest BCUT2D eigenvalue weighted by molar-refractivity contribution is 0.601. The molecule has 1 heterocycles. The molecule has 0 saturated carbocycles. The fourth-order valence-electron chi connectivity index (χ4n) is 1.57. The average molecular weight is 178 g/mol. The molecule has 1 aliphatic rings. The van der Waals surface area contributed by atoms with Gasteiger partial charge in [0.25, 0.3) is 0 Å². The molecule has 0 bridgehead atoms. The number of nitrogens with zero attached hydrogens (tertiary/aromatic N) is 3. The lowest BCUT2D eigenvalue weighted by Gasteiger charge is -2.13. The first kappa shape index (κ1) is 8.56. The van der Waals surface area contributed by atoms with E-state index in [1.165, 1.54) is 12.8 Å². The highest BCUT2D eigenvalue weighted by Gasteiger charge is 2.14. The highest BCUT2D eigenvalue weighted by Crippen LogP contribution is 2.17. The minimum Gasteiger partial charge on any atom is -0.321 e. The summed E-state index contributed by atoms with van der Waals surface area (Å²) in [7, 11) is 0. The minimum absolute atomic E-state index is 0.111. The predicted molar refractivity (Wildman–Crippen MR) is 49.1 cm³/mol. The number of rotatable bonds is 1. The van der Waals surface area contributed by atoms with E-state index in [-0.39, 0.29) is 6.04 Å². The zero-order valence-corrected chi connectivity index (χ0v) is 7.82. The molecule has 0 radical (unpaired) electrons. The number of aryl methyl sites for hydroxylation is 2. The molecule has 70 valence electrons. The van der Waals surface area contributed by atoms with Crippen LogP contribution in [-0.2, 0) is 12.8 Å². The van der Waals surface area contributed by atoms with Crippen LogP contribution in [0, 0.1) is 0 Å². The molecule has 1 aromatic heterocycles. The average Bonchev–Trinajstić information content (AvgIpc) is 2.17. The Labute approximate surface area is 77.6 Å². The number of aromatic nitrogens is 3. The zero-order chi connectivity index (χ0) is 9.26. The fraction of sp³-hybridized carbons (Fsp3) is 0.667. The summed E-state index contributed by atoms with van der Waals surface area (Å²) in [5.41, 5.74) is 7.85. The highest BCUT2D eigenvalue weighted by atomic mass is 15.2. The Hall–Kier alpha value is -1.03. The van der Waals surface area contributed by atoms with Gasteiger partial charge >= 0.3 is 0 Å². The molecular formula is C9H14N4. The number of fused-ring (bicyclic) bond motifs is 1. The van der Waals surface area contributed by atoms with E-state index in [0.29, 0.717) is 5.82 Å². The van der Waals surface area contributed by atoms with Gasteiger partial charge in [0.05, 0.1) is 17.4 Å². The van der Waals surface area contributed by atoms with Crippen molar-refractivity contribution in [1.82, 2.24) is 15.2 Å². The first-order chi connectivity index (χ1) is 6.27. The second kappa shape index (κ2) is 3.38. The Morgan fingerprint density at radius 1 is 1.15 bits per heavy atom. The van der Waals surface area contributed by atoms with E-state index in [0.717, 1.165) is 24.2 Å². The first-order valence-corrected chi connectivity index (χ1v) is 4.75. The van der Waals surface area contributed by atoms with Crippen molar-refractivity contribution in [3.63, 3.8) is 0 Å². The summed E-state index contributed by atoms with van der Waals surface area (Å²) in [6.45, 7) is 1.88. The van der Waals surface area contributed by atoms with Crippen molar-refractivity contribution < 1.29 is 0 Å². The maximum absolute atomic E-state index is 5.68. The van der Waals surface area contributed by atoms with Crippen LogP contribution in [0.15, 0.2) is 0 Å². The summed E-state index contributed by atoms with van der Waals surface area (Å²) < 4.78 is 0. The van der Waals surface area contributed by atoms with Crippen molar-refractivity contribution in [1.29, 1.82) is 0 Å². The molecule has 0 fully saturated rings. The molecular weight excluding hydrogens is 164 g/mol. The van der Waals surface area contributed by atoms with Crippen LogP contribution in [0.1, 0.15) is 43.0 Å². The molecule has 2 N–H and O–H groups in total. The Morgan fingerprint density at radius 3 is 2.54 bits per heavy atom. The van der Waals surface area contributed by atoms with Gasteiger partial charge in [-0.25, -0.2) is 4.98 Å². The fourth-order valence-corrected chi connectivity index (χ4v) is 1.57. The van der Waals surface area contributed by atoms with Crippen LogP contribution in [0.3, 0.4) is 0 Å². The first-order valence-electron chi connectivity index (χ1n) is 4.75. The third-order valence-electron chi connectivity index (χ3n) is 2.34. The molecule has 0 aliphatic heterocycles. The van der Waals surface area contributed by atoms with Crippen LogP contribution in [0.5, 0.6) is 0 Å². The molecule has 1 atom stereocenters. The van der Waals surface area contributed by atoms with Crippen LogP contribution in [0.25, 0.3) is 0 Å². The Morgan fingerprint density at radius 2 is 1.85 bits per heavy atom. The van der Waals surface area contributed by atoms with Crippen molar-refractivity contribution in [2.45, 2.75) is 38.6 Å². The lowest BCUT2D eigenvalue weighted by atomic mass is 10.0. The van der Waals surface area contributed by atoms with Crippen molar-refractivity contribution in [3.05, 3.63) is 17.2 Å². The number of hydrogen-bond acceptors (Lipinski definition) is 4. The quantitative estimate of drug-likeness (QED) is 0.689. The SMILES string of the molecule is CC(N)c1nnc2c(n1)CCCC2. The Kier molecular flexibility index (Phi) is 2.22. The third kappa shape index (κ3) is 1.67. The van der Waals surface area contributed by atoms with Crippen molar-refractivity contribution in [2.24, 2.45) is 5.73 Å². The van der Waals surface area contributed by atoms with Gasteiger partial charge in [-0.3, -0.25) is 0 Å². The predicted octanol–water partition coefficient (Wildman–Crippen LogP) is 0.770. The van der Waals surface area contributed by atoms with Gasteiger partial charge in [0.2, 0.25) is 0 Å². The van der Waals surface area contributed by atoms with Crippen LogP contribution in [0.4, 0.5) is 0 Å². The van der Waals surface area contributed by atoms with E-state index in [4.69, 9.17) is 5.73 Å². The molecule has 4 nitrogen and oxygen atoms in total. The summed E-state index contributed by atoms with van der Waals surface area (Å²) in [6, 6.07) is -0.111. The number of hydrogen-bond donors (Lipinski definition) is 1. The van der Waals surface area contributed by atoms with Gasteiger partial charge in [0.1, 0.15) is 0 Å². The largest absolute Gasteiger partial charge is 0.321 e. The van der Waals surface area contributed by atoms with Crippen molar-refractivity contribution in [3.8, 4) is 0 Å². The third-order valence-corrected chi connectivity index (χ3v) is 2.34. The van der Waals surface area contributed by atoms with E-state index < -0.39 is 0 Å². The zero-order valence-electron chi connectivity index (χ0n) is 7.82. The molecule has 2 rings (SSSR count). The van der Waals surface area contributed by atoms with Gasteiger partial charge in [0.15, 0.2) is 5.82 Å². The molecule has 1 aliphatic carbocycles. The van der Waals surface area contributed by atoms with Crippen LogP contribution in [-0.4, -0.2) is 15.2 Å². The monoisotopic (exact) mass is 178 g/mol. The normalized spacial score (nSPS) is 18.0. The van der Waals surface area contributed by atoms with E-state index in [1.807, 2.05) is 6.92 Å². The second-order valence-electron chi connectivity index (χ2n) is 3.56. The summed E-state index contributed by atoms with van der Waals surface area (Å²) in [4.78, 5) is 4.41. The maximum Gasteiger partial charge on any atom is 0.167 e. The molecule has 0 amide bonds. The second-order valence-corrected chi connectivity index (χ2v) is 3.56.